The van der Waals surface area contributed by atoms with Gasteiger partial charge in [-0.3, -0.25) is 9.59 Å². The number of nitrogens with one attached hydrogen (secondary N) is 1. The fraction of sp³-hybridized carbons (Fsp3) is 0.478. The summed E-state index contributed by atoms with van der Waals surface area (Å²) in [5, 5.41) is 12.9. The molecule has 1 N–H and O–H groups in total. The maximum Gasteiger partial charge on any atom is 0.293 e. The molecule has 4 rings (SSSR count). The molecule has 2 aromatic heterocycles. The molecule has 2 heterocycles. The van der Waals surface area contributed by atoms with Crippen LogP contribution in [-0.4, -0.2) is 31.5 Å². The highest BCUT2D eigenvalue weighted by Gasteiger charge is 2.21. The second-order valence-corrected chi connectivity index (χ2v) is 8.51. The first-order valence-electron chi connectivity index (χ1n) is 10.8. The second kappa shape index (κ2) is 8.42. The first-order valence-corrected chi connectivity index (χ1v) is 10.8. The van der Waals surface area contributed by atoms with Crippen LogP contribution in [0.1, 0.15) is 63.1 Å². The highest BCUT2D eigenvalue weighted by molar-refractivity contribution is 5.83. The number of carbonyl (C=O) groups is 1. The third kappa shape index (κ3) is 3.88. The number of hydrogen-bond donors (Lipinski definition) is 1. The summed E-state index contributed by atoms with van der Waals surface area (Å²) in [6.07, 6.45) is 7.22. The molecule has 0 bridgehead atoms. The van der Waals surface area contributed by atoms with Crippen LogP contribution in [0.4, 0.5) is 0 Å². The Bertz CT molecular complexity index is 1120. The van der Waals surface area contributed by atoms with Crippen molar-refractivity contribution in [2.75, 3.05) is 0 Å². The van der Waals surface area contributed by atoms with Gasteiger partial charge in [-0.1, -0.05) is 51.3 Å². The van der Waals surface area contributed by atoms with E-state index in [4.69, 9.17) is 0 Å². The van der Waals surface area contributed by atoms with Gasteiger partial charge in [0.15, 0.2) is 0 Å². The number of rotatable bonds is 5. The Morgan fingerprint density at radius 3 is 2.63 bits per heavy atom. The SMILES string of the molecule is Cc1ccccc1-n1ncc2c(C(C)C)nn(CC(=O)NC3CCCCC3)c(=O)c21. The molecule has 1 amide bonds. The number of fused-ring (bicyclic) bond motifs is 1. The molecule has 0 unspecified atom stereocenters. The number of para-hydroxylation sites is 1. The average Bonchev–Trinajstić information content (AvgIpc) is 3.16. The Labute approximate surface area is 176 Å². The summed E-state index contributed by atoms with van der Waals surface area (Å²) in [5.41, 5.74) is 2.81. The Hall–Kier alpha value is -2.96. The quantitative estimate of drug-likeness (QED) is 0.702. The Morgan fingerprint density at radius 1 is 1.20 bits per heavy atom. The van der Waals surface area contributed by atoms with Gasteiger partial charge in [-0.15, -0.1) is 0 Å². The van der Waals surface area contributed by atoms with E-state index in [1.165, 1.54) is 11.1 Å². The third-order valence-corrected chi connectivity index (χ3v) is 5.86. The van der Waals surface area contributed by atoms with Gasteiger partial charge in [-0.25, -0.2) is 9.36 Å². The lowest BCUT2D eigenvalue weighted by atomic mass is 9.95. The minimum absolute atomic E-state index is 0.0794. The smallest absolute Gasteiger partial charge is 0.293 e. The van der Waals surface area contributed by atoms with E-state index in [1.807, 2.05) is 45.0 Å². The van der Waals surface area contributed by atoms with E-state index in [2.05, 4.69) is 15.5 Å². The normalized spacial score (nSPS) is 15.1. The van der Waals surface area contributed by atoms with Crippen molar-refractivity contribution in [2.24, 2.45) is 0 Å². The highest BCUT2D eigenvalue weighted by Crippen LogP contribution is 2.24. The summed E-state index contributed by atoms with van der Waals surface area (Å²) in [6, 6.07) is 8.02. The fourth-order valence-electron chi connectivity index (χ4n) is 4.27. The summed E-state index contributed by atoms with van der Waals surface area (Å²) in [6.45, 7) is 5.97. The molecule has 7 heteroatoms. The van der Waals surface area contributed by atoms with Crippen molar-refractivity contribution >= 4 is 16.8 Å². The third-order valence-electron chi connectivity index (χ3n) is 5.86. The minimum atomic E-state index is -0.297. The number of amides is 1. The number of hydrogen-bond acceptors (Lipinski definition) is 4. The Kier molecular flexibility index (Phi) is 5.70. The maximum absolute atomic E-state index is 13.4. The molecule has 7 nitrogen and oxygen atoms in total. The number of nitrogens with zero attached hydrogens (tertiary/aromatic N) is 4. The Balaban J connectivity index is 1.76. The van der Waals surface area contributed by atoms with Gasteiger partial charge in [0.2, 0.25) is 5.91 Å². The van der Waals surface area contributed by atoms with Gasteiger partial charge in [0.25, 0.3) is 5.56 Å². The number of carbonyl (C=O) groups excluding carboxylic acids is 1. The largest absolute Gasteiger partial charge is 0.352 e. The molecule has 1 aliphatic carbocycles. The Morgan fingerprint density at radius 2 is 1.93 bits per heavy atom. The van der Waals surface area contributed by atoms with Gasteiger partial charge in [0.05, 0.1) is 17.6 Å². The molecule has 1 fully saturated rings. The zero-order valence-corrected chi connectivity index (χ0v) is 17.9. The van der Waals surface area contributed by atoms with E-state index in [0.29, 0.717) is 5.52 Å². The van der Waals surface area contributed by atoms with E-state index in [1.54, 1.807) is 10.9 Å². The lowest BCUT2D eigenvalue weighted by molar-refractivity contribution is -0.122. The number of benzene rings is 1. The zero-order valence-electron chi connectivity index (χ0n) is 17.9. The van der Waals surface area contributed by atoms with Gasteiger partial charge < -0.3 is 5.32 Å². The molecule has 0 atom stereocenters. The van der Waals surface area contributed by atoms with Crippen LogP contribution in [0.3, 0.4) is 0 Å². The van der Waals surface area contributed by atoms with E-state index < -0.39 is 0 Å². The minimum Gasteiger partial charge on any atom is -0.352 e. The van der Waals surface area contributed by atoms with Crippen LogP contribution in [0.15, 0.2) is 35.3 Å². The molecular weight excluding hydrogens is 378 g/mol. The van der Waals surface area contributed by atoms with Crippen molar-refractivity contribution in [1.29, 1.82) is 0 Å². The summed E-state index contributed by atoms with van der Waals surface area (Å²) in [5.74, 6) is -0.0669. The molecular formula is C23H29N5O2. The predicted octanol–water partition coefficient (Wildman–Crippen LogP) is 3.46. The molecule has 1 aromatic carbocycles. The van der Waals surface area contributed by atoms with Gasteiger partial charge in [0, 0.05) is 11.4 Å². The van der Waals surface area contributed by atoms with Crippen LogP contribution in [0.2, 0.25) is 0 Å². The maximum atomic E-state index is 13.4. The van der Waals surface area contributed by atoms with Gasteiger partial charge in [0.1, 0.15) is 12.1 Å². The van der Waals surface area contributed by atoms with Crippen molar-refractivity contribution < 1.29 is 4.79 Å². The topological polar surface area (TPSA) is 81.8 Å². The first kappa shape index (κ1) is 20.3. The molecule has 30 heavy (non-hydrogen) atoms. The van der Waals surface area contributed by atoms with Crippen LogP contribution in [0.25, 0.3) is 16.6 Å². The average molecular weight is 408 g/mol. The summed E-state index contributed by atoms with van der Waals surface area (Å²) in [4.78, 5) is 26.0. The first-order chi connectivity index (χ1) is 14.5. The van der Waals surface area contributed by atoms with Crippen molar-refractivity contribution in [1.82, 2.24) is 24.9 Å². The van der Waals surface area contributed by atoms with Crippen molar-refractivity contribution in [3.8, 4) is 5.69 Å². The fourth-order valence-corrected chi connectivity index (χ4v) is 4.27. The van der Waals surface area contributed by atoms with E-state index in [9.17, 15) is 9.59 Å². The van der Waals surface area contributed by atoms with Gasteiger partial charge in [-0.05, 0) is 37.3 Å². The molecule has 1 aliphatic rings. The van der Waals surface area contributed by atoms with Crippen molar-refractivity contribution in [3.05, 3.63) is 52.1 Å². The van der Waals surface area contributed by atoms with Crippen LogP contribution in [0, 0.1) is 6.92 Å². The molecule has 0 aliphatic heterocycles. The van der Waals surface area contributed by atoms with Crippen molar-refractivity contribution in [2.45, 2.75) is 71.4 Å². The monoisotopic (exact) mass is 407 g/mol. The van der Waals surface area contributed by atoms with Crippen LogP contribution in [0.5, 0.6) is 0 Å². The summed E-state index contributed by atoms with van der Waals surface area (Å²) in [7, 11) is 0. The summed E-state index contributed by atoms with van der Waals surface area (Å²) >= 11 is 0. The number of aromatic nitrogens is 4. The zero-order chi connectivity index (χ0) is 21.3. The molecule has 1 saturated carbocycles. The van der Waals surface area contributed by atoms with Gasteiger partial charge in [-0.2, -0.15) is 10.2 Å². The van der Waals surface area contributed by atoms with Crippen LogP contribution >= 0.6 is 0 Å². The number of aryl methyl sites for hydroxylation is 1. The molecule has 3 aromatic rings. The standard InChI is InChI=1S/C23H29N5O2/c1-15(2)21-18-13-24-28(19-12-8-7-9-16(19)3)22(18)23(30)27(26-21)14-20(29)25-17-10-5-4-6-11-17/h7-9,12-13,15,17H,4-6,10-11,14H2,1-3H3,(H,25,29). The summed E-state index contributed by atoms with van der Waals surface area (Å²) < 4.78 is 2.97. The highest BCUT2D eigenvalue weighted by atomic mass is 16.2. The second-order valence-electron chi connectivity index (χ2n) is 8.51. The van der Waals surface area contributed by atoms with Crippen molar-refractivity contribution in [3.63, 3.8) is 0 Å². The molecule has 0 spiro atoms. The van der Waals surface area contributed by atoms with Crippen LogP contribution < -0.4 is 10.9 Å². The van der Waals surface area contributed by atoms with Crippen LogP contribution in [-0.2, 0) is 11.3 Å². The molecule has 158 valence electrons. The van der Waals surface area contributed by atoms with E-state index >= 15 is 0 Å². The predicted molar refractivity (Wildman–Crippen MR) is 117 cm³/mol. The molecule has 0 saturated heterocycles. The van der Waals surface area contributed by atoms with E-state index in [0.717, 1.165) is 48.0 Å². The van der Waals surface area contributed by atoms with E-state index in [-0.39, 0.29) is 30.0 Å². The lowest BCUT2D eigenvalue weighted by Gasteiger charge is -2.22. The van der Waals surface area contributed by atoms with Gasteiger partial charge >= 0.3 is 0 Å². The lowest BCUT2D eigenvalue weighted by Crippen LogP contribution is -2.40. The molecule has 0 radical (unpaired) electrons.